The smallest absolute Gasteiger partial charge is 0.163 e. The van der Waals surface area contributed by atoms with Crippen molar-refractivity contribution in [3.8, 4) is 0 Å². The lowest BCUT2D eigenvalue weighted by Crippen LogP contribution is -2.23. The maximum Gasteiger partial charge on any atom is 0.163 e. The molecule has 1 N–H and O–H groups in total. The molecule has 1 atom stereocenters. The van der Waals surface area contributed by atoms with E-state index < -0.39 is 11.6 Å². The van der Waals surface area contributed by atoms with Crippen LogP contribution >= 0.6 is 15.9 Å². The summed E-state index contributed by atoms with van der Waals surface area (Å²) in [4.78, 5) is 0. The molecule has 1 nitrogen and oxygen atoms in total. The summed E-state index contributed by atoms with van der Waals surface area (Å²) in [6.45, 7) is 4.57. The van der Waals surface area contributed by atoms with E-state index in [2.05, 4.69) is 21.2 Å². The Morgan fingerprint density at radius 2 is 1.95 bits per heavy atom. The Morgan fingerprint density at radius 1 is 1.20 bits per heavy atom. The summed E-state index contributed by atoms with van der Waals surface area (Å²) in [6, 6.07) is 9.78. The normalized spacial score (nSPS) is 12.4. The number of aryl methyl sites for hydroxylation is 1. The van der Waals surface area contributed by atoms with Gasteiger partial charge in [-0.15, -0.1) is 0 Å². The first-order valence-corrected chi connectivity index (χ1v) is 7.26. The highest BCUT2D eigenvalue weighted by atomic mass is 79.9. The van der Waals surface area contributed by atoms with Crippen molar-refractivity contribution in [2.45, 2.75) is 19.9 Å². The van der Waals surface area contributed by atoms with Crippen LogP contribution < -0.4 is 5.32 Å². The molecule has 4 heteroatoms. The second-order valence-corrected chi connectivity index (χ2v) is 5.61. The zero-order valence-corrected chi connectivity index (χ0v) is 13.0. The first-order chi connectivity index (χ1) is 9.52. The Hall–Kier alpha value is -1.26. The van der Waals surface area contributed by atoms with Gasteiger partial charge >= 0.3 is 0 Å². The molecule has 0 bridgehead atoms. The fraction of sp³-hybridized carbons (Fsp3) is 0.250. The van der Waals surface area contributed by atoms with Gasteiger partial charge in [0.05, 0.1) is 6.04 Å². The molecular weight excluding hydrogens is 324 g/mol. The standard InChI is InChI=1S/C16H16BrF2N/c1-3-20-16(11-7-10(2)8-12(17)9-11)13-5-4-6-14(18)15(13)19/h4-9,16,20H,3H2,1-2H3. The molecule has 0 aliphatic rings. The molecule has 0 saturated heterocycles. The van der Waals surface area contributed by atoms with Gasteiger partial charge in [0.15, 0.2) is 11.6 Å². The molecule has 0 aromatic heterocycles. The molecule has 0 amide bonds. The van der Waals surface area contributed by atoms with E-state index in [0.717, 1.165) is 21.7 Å². The van der Waals surface area contributed by atoms with Gasteiger partial charge in [-0.1, -0.05) is 41.1 Å². The van der Waals surface area contributed by atoms with Crippen LogP contribution in [0.4, 0.5) is 8.78 Å². The molecular formula is C16H16BrF2N. The van der Waals surface area contributed by atoms with Gasteiger partial charge in [-0.25, -0.2) is 8.78 Å². The molecule has 0 aliphatic heterocycles. The molecule has 0 fully saturated rings. The van der Waals surface area contributed by atoms with Crippen molar-refractivity contribution >= 4 is 15.9 Å². The average molecular weight is 340 g/mol. The summed E-state index contributed by atoms with van der Waals surface area (Å²) in [5.74, 6) is -1.62. The second-order valence-electron chi connectivity index (χ2n) is 4.70. The van der Waals surface area contributed by atoms with Crippen LogP contribution in [0.25, 0.3) is 0 Å². The van der Waals surface area contributed by atoms with Crippen molar-refractivity contribution in [2.24, 2.45) is 0 Å². The zero-order valence-electron chi connectivity index (χ0n) is 11.4. The monoisotopic (exact) mass is 339 g/mol. The van der Waals surface area contributed by atoms with Crippen LogP contribution in [0.5, 0.6) is 0 Å². The van der Waals surface area contributed by atoms with Crippen LogP contribution in [-0.2, 0) is 0 Å². The first kappa shape index (κ1) is 15.1. The van der Waals surface area contributed by atoms with Gasteiger partial charge in [0.25, 0.3) is 0 Å². The van der Waals surface area contributed by atoms with Gasteiger partial charge in [-0.3, -0.25) is 0 Å². The topological polar surface area (TPSA) is 12.0 Å². The Morgan fingerprint density at radius 3 is 2.60 bits per heavy atom. The molecule has 0 aliphatic carbocycles. The first-order valence-electron chi connectivity index (χ1n) is 6.47. The summed E-state index contributed by atoms with van der Waals surface area (Å²) < 4.78 is 28.4. The Labute approximate surface area is 126 Å². The highest BCUT2D eigenvalue weighted by Crippen LogP contribution is 2.28. The van der Waals surface area contributed by atoms with Crippen LogP contribution in [-0.4, -0.2) is 6.54 Å². The highest BCUT2D eigenvalue weighted by Gasteiger charge is 2.19. The van der Waals surface area contributed by atoms with Gasteiger partial charge in [-0.2, -0.15) is 0 Å². The number of benzene rings is 2. The van der Waals surface area contributed by atoms with Crippen LogP contribution in [0, 0.1) is 18.6 Å². The molecule has 2 aromatic carbocycles. The number of halogens is 3. The fourth-order valence-corrected chi connectivity index (χ4v) is 2.91. The molecule has 106 valence electrons. The van der Waals surface area contributed by atoms with Crippen LogP contribution in [0.3, 0.4) is 0 Å². The Balaban J connectivity index is 2.53. The molecule has 0 heterocycles. The maximum absolute atomic E-state index is 14.0. The third-order valence-corrected chi connectivity index (χ3v) is 3.56. The summed E-state index contributed by atoms with van der Waals surface area (Å²) in [6.07, 6.45) is 0. The number of hydrogen-bond donors (Lipinski definition) is 1. The van der Waals surface area contributed by atoms with Crippen LogP contribution in [0.2, 0.25) is 0 Å². The predicted molar refractivity (Wildman–Crippen MR) is 80.8 cm³/mol. The zero-order chi connectivity index (χ0) is 14.7. The van der Waals surface area contributed by atoms with Crippen molar-refractivity contribution in [1.82, 2.24) is 5.32 Å². The fourth-order valence-electron chi connectivity index (χ4n) is 2.29. The molecule has 1 unspecified atom stereocenters. The average Bonchev–Trinajstić information content (AvgIpc) is 2.38. The Bertz CT molecular complexity index is 593. The predicted octanol–water partition coefficient (Wildman–Crippen LogP) is 4.73. The summed E-state index contributed by atoms with van der Waals surface area (Å²) in [5.41, 5.74) is 2.29. The van der Waals surface area contributed by atoms with Gasteiger partial charge < -0.3 is 5.32 Å². The van der Waals surface area contributed by atoms with Crippen LogP contribution in [0.15, 0.2) is 40.9 Å². The van der Waals surface area contributed by atoms with E-state index >= 15 is 0 Å². The van der Waals surface area contributed by atoms with Crippen molar-refractivity contribution in [3.05, 3.63) is 69.2 Å². The quantitative estimate of drug-likeness (QED) is 0.848. The van der Waals surface area contributed by atoms with Gasteiger partial charge in [-0.05, 0) is 42.8 Å². The SMILES string of the molecule is CCNC(c1cc(C)cc(Br)c1)c1cccc(F)c1F. The molecule has 2 rings (SSSR count). The lowest BCUT2D eigenvalue weighted by Gasteiger charge is -2.20. The van der Waals surface area contributed by atoms with E-state index in [9.17, 15) is 8.78 Å². The van der Waals surface area contributed by atoms with Gasteiger partial charge in [0, 0.05) is 10.0 Å². The molecule has 2 aromatic rings. The van der Waals surface area contributed by atoms with E-state index in [1.807, 2.05) is 32.0 Å². The van der Waals surface area contributed by atoms with Crippen molar-refractivity contribution in [1.29, 1.82) is 0 Å². The summed E-state index contributed by atoms with van der Waals surface area (Å²) in [7, 11) is 0. The van der Waals surface area contributed by atoms with Crippen molar-refractivity contribution in [2.75, 3.05) is 6.54 Å². The largest absolute Gasteiger partial charge is 0.306 e. The van der Waals surface area contributed by atoms with Gasteiger partial charge in [0.2, 0.25) is 0 Å². The number of nitrogens with one attached hydrogen (secondary N) is 1. The third-order valence-electron chi connectivity index (χ3n) is 3.10. The van der Waals surface area contributed by atoms with Crippen LogP contribution in [0.1, 0.15) is 29.7 Å². The second kappa shape index (κ2) is 6.46. The lowest BCUT2D eigenvalue weighted by molar-refractivity contribution is 0.483. The van der Waals surface area contributed by atoms with E-state index in [4.69, 9.17) is 0 Å². The highest BCUT2D eigenvalue weighted by molar-refractivity contribution is 9.10. The minimum atomic E-state index is -0.822. The summed E-state index contributed by atoms with van der Waals surface area (Å²) >= 11 is 3.44. The van der Waals surface area contributed by atoms with Gasteiger partial charge in [0.1, 0.15) is 0 Å². The number of rotatable bonds is 4. The third kappa shape index (κ3) is 3.25. The van der Waals surface area contributed by atoms with Crippen molar-refractivity contribution in [3.63, 3.8) is 0 Å². The Kier molecular flexibility index (Phi) is 4.89. The molecule has 0 spiro atoms. The molecule has 20 heavy (non-hydrogen) atoms. The summed E-state index contributed by atoms with van der Waals surface area (Å²) in [5, 5.41) is 3.21. The van der Waals surface area contributed by atoms with Crippen molar-refractivity contribution < 1.29 is 8.78 Å². The van der Waals surface area contributed by atoms with E-state index in [1.165, 1.54) is 6.07 Å². The number of hydrogen-bond acceptors (Lipinski definition) is 1. The minimum Gasteiger partial charge on any atom is -0.306 e. The van der Waals surface area contributed by atoms with E-state index in [0.29, 0.717) is 12.1 Å². The maximum atomic E-state index is 14.0. The van der Waals surface area contributed by atoms with E-state index in [-0.39, 0.29) is 6.04 Å². The molecule has 0 saturated carbocycles. The minimum absolute atomic E-state index is 0.323. The lowest BCUT2D eigenvalue weighted by atomic mass is 9.96. The molecule has 0 radical (unpaired) electrons. The van der Waals surface area contributed by atoms with E-state index in [1.54, 1.807) is 6.07 Å².